The maximum atomic E-state index is 3.83. The molecule has 0 nitrogen and oxygen atoms in total. The van der Waals surface area contributed by atoms with Crippen LogP contribution in [0.4, 0.5) is 0 Å². The molecule has 1 heteroatoms. The van der Waals surface area contributed by atoms with Gasteiger partial charge in [-0.2, -0.15) is 0 Å². The van der Waals surface area contributed by atoms with E-state index in [1.165, 1.54) is 51.4 Å². The molecule has 0 amide bonds. The molecule has 0 aromatic carbocycles. The van der Waals surface area contributed by atoms with E-state index in [2.05, 4.69) is 13.8 Å². The van der Waals surface area contributed by atoms with E-state index in [-0.39, 0.29) is 51.4 Å². The first kappa shape index (κ1) is 16.1. The second-order valence-electron chi connectivity index (χ2n) is 3.33. The Labute approximate surface area is 121 Å². The number of hydrogen-bond donors (Lipinski definition) is 0. The molecule has 0 heterocycles. The van der Waals surface area contributed by atoms with E-state index in [4.69, 9.17) is 0 Å². The topological polar surface area (TPSA) is 0 Å². The third-order valence-electron chi connectivity index (χ3n) is 2.10. The van der Waals surface area contributed by atoms with E-state index in [9.17, 15) is 0 Å². The molecule has 0 bridgehead atoms. The van der Waals surface area contributed by atoms with Gasteiger partial charge in [-0.15, -0.1) is 0 Å². The molecular weight excluding hydrogens is 171 g/mol. The van der Waals surface area contributed by atoms with Gasteiger partial charge in [-0.1, -0.05) is 71.6 Å². The summed E-state index contributed by atoms with van der Waals surface area (Å²) in [6.45, 7) is 6.10. The molecule has 0 aliphatic carbocycles. The van der Waals surface area contributed by atoms with Crippen molar-refractivity contribution in [1.29, 1.82) is 0 Å². The Morgan fingerprint density at radius 2 is 1.17 bits per heavy atom. The quantitative estimate of drug-likeness (QED) is 0.409. The average molecular weight is 195 g/mol. The van der Waals surface area contributed by atoms with E-state index in [1.54, 1.807) is 0 Å². The zero-order valence-electron chi connectivity index (χ0n) is 8.07. The zero-order valence-corrected chi connectivity index (χ0v) is 8.07. The summed E-state index contributed by atoms with van der Waals surface area (Å²) in [7, 11) is 0. The molecule has 0 saturated heterocycles. The van der Waals surface area contributed by atoms with Gasteiger partial charge >= 0.3 is 51.4 Å². The molecule has 0 N–H and O–H groups in total. The molecule has 0 spiro atoms. The summed E-state index contributed by atoms with van der Waals surface area (Å²) in [4.78, 5) is 0. The van der Waals surface area contributed by atoms with Crippen LogP contribution in [0.5, 0.6) is 0 Å². The van der Waals surface area contributed by atoms with Gasteiger partial charge in [0.2, 0.25) is 0 Å². The molecule has 0 rings (SSSR count). The molecule has 0 aliphatic heterocycles. The van der Waals surface area contributed by atoms with E-state index in [1.807, 2.05) is 0 Å². The van der Waals surface area contributed by atoms with E-state index in [0.29, 0.717) is 0 Å². The van der Waals surface area contributed by atoms with Crippen molar-refractivity contribution in [2.75, 3.05) is 0 Å². The standard InChI is InChI=1S/C11H23.K.H/c1-3-5-7-9-11-10-8-6-4-2;;/h1,3-11H2,2H3;;. The third-order valence-corrected chi connectivity index (χ3v) is 2.10. The number of unbranched alkanes of at least 4 members (excludes halogenated alkanes) is 8. The van der Waals surface area contributed by atoms with Crippen LogP contribution in [0.3, 0.4) is 0 Å². The predicted octanol–water partition coefficient (Wildman–Crippen LogP) is 3.70. The molecule has 0 aliphatic rings. The minimum absolute atomic E-state index is 0. The summed E-state index contributed by atoms with van der Waals surface area (Å²) < 4.78 is 0. The van der Waals surface area contributed by atoms with Gasteiger partial charge in [0.1, 0.15) is 0 Å². The van der Waals surface area contributed by atoms with Crippen molar-refractivity contribution >= 4 is 51.4 Å². The van der Waals surface area contributed by atoms with Crippen molar-refractivity contribution < 1.29 is 0 Å². The van der Waals surface area contributed by atoms with E-state index < -0.39 is 0 Å². The van der Waals surface area contributed by atoms with Crippen LogP contribution in [0.2, 0.25) is 0 Å². The second kappa shape index (κ2) is 15.1. The van der Waals surface area contributed by atoms with Gasteiger partial charge in [0.15, 0.2) is 0 Å². The Morgan fingerprint density at radius 3 is 1.58 bits per heavy atom. The molecule has 0 aromatic rings. The monoisotopic (exact) mass is 195 g/mol. The van der Waals surface area contributed by atoms with Crippen LogP contribution in [0.15, 0.2) is 0 Å². The molecule has 0 aromatic heterocycles. The predicted molar refractivity (Wildman–Crippen MR) is 59.7 cm³/mol. The molecule has 12 heavy (non-hydrogen) atoms. The van der Waals surface area contributed by atoms with Crippen LogP contribution in [0, 0.1) is 6.92 Å². The van der Waals surface area contributed by atoms with Crippen molar-refractivity contribution in [1.82, 2.24) is 0 Å². The average Bonchev–Trinajstić information content (AvgIpc) is 2.03. The Kier molecular flexibility index (Phi) is 20.3. The van der Waals surface area contributed by atoms with Crippen LogP contribution < -0.4 is 0 Å². The SMILES string of the molecule is [CH2]CCCCCCCCCC.[KH]. The first-order chi connectivity index (χ1) is 5.41. The third kappa shape index (κ3) is 14.2. The van der Waals surface area contributed by atoms with Crippen molar-refractivity contribution in [3.8, 4) is 0 Å². The van der Waals surface area contributed by atoms with Crippen molar-refractivity contribution in [3.63, 3.8) is 0 Å². The fourth-order valence-corrected chi connectivity index (χ4v) is 1.31. The maximum absolute atomic E-state index is 3.83. The molecular formula is C11H24K. The normalized spacial score (nSPS) is 9.50. The molecule has 69 valence electrons. The summed E-state index contributed by atoms with van der Waals surface area (Å²) in [6.07, 6.45) is 12.4. The summed E-state index contributed by atoms with van der Waals surface area (Å²) in [6, 6.07) is 0. The summed E-state index contributed by atoms with van der Waals surface area (Å²) >= 11 is 0. The van der Waals surface area contributed by atoms with Gasteiger partial charge in [-0.05, 0) is 0 Å². The van der Waals surface area contributed by atoms with Crippen molar-refractivity contribution in [3.05, 3.63) is 6.92 Å². The van der Waals surface area contributed by atoms with Gasteiger partial charge in [0.25, 0.3) is 0 Å². The Morgan fingerprint density at radius 1 is 0.750 bits per heavy atom. The molecule has 0 unspecified atom stereocenters. The van der Waals surface area contributed by atoms with Gasteiger partial charge in [0, 0.05) is 0 Å². The molecule has 1 radical (unpaired) electrons. The van der Waals surface area contributed by atoms with Crippen LogP contribution in [0.25, 0.3) is 0 Å². The Hall–Kier alpha value is 1.64. The van der Waals surface area contributed by atoms with Gasteiger partial charge in [0.05, 0.1) is 0 Å². The number of hydrogen-bond acceptors (Lipinski definition) is 0. The Balaban J connectivity index is 0. The zero-order chi connectivity index (χ0) is 8.36. The summed E-state index contributed by atoms with van der Waals surface area (Å²) in [5, 5.41) is 0. The first-order valence-electron chi connectivity index (χ1n) is 5.21. The minimum atomic E-state index is 0. The molecule has 0 fully saturated rings. The Bertz CT molecular complexity index is 54.0. The summed E-state index contributed by atoms with van der Waals surface area (Å²) in [5.41, 5.74) is 0. The molecule has 0 saturated carbocycles. The van der Waals surface area contributed by atoms with Gasteiger partial charge < -0.3 is 0 Å². The van der Waals surface area contributed by atoms with E-state index in [0.717, 1.165) is 6.42 Å². The van der Waals surface area contributed by atoms with Gasteiger partial charge in [-0.3, -0.25) is 0 Å². The fraction of sp³-hybridized carbons (Fsp3) is 0.909. The van der Waals surface area contributed by atoms with Crippen LogP contribution in [0.1, 0.15) is 64.7 Å². The van der Waals surface area contributed by atoms with Crippen LogP contribution in [-0.4, -0.2) is 51.4 Å². The van der Waals surface area contributed by atoms with Crippen LogP contribution >= 0.6 is 0 Å². The van der Waals surface area contributed by atoms with Crippen molar-refractivity contribution in [2.45, 2.75) is 64.7 Å². The fourth-order valence-electron chi connectivity index (χ4n) is 1.31. The van der Waals surface area contributed by atoms with Crippen LogP contribution in [-0.2, 0) is 0 Å². The number of rotatable bonds is 8. The van der Waals surface area contributed by atoms with Gasteiger partial charge in [-0.25, -0.2) is 0 Å². The van der Waals surface area contributed by atoms with Crippen molar-refractivity contribution in [2.24, 2.45) is 0 Å². The molecule has 0 atom stereocenters. The first-order valence-corrected chi connectivity index (χ1v) is 5.21. The summed E-state index contributed by atoms with van der Waals surface area (Å²) in [5.74, 6) is 0. The van der Waals surface area contributed by atoms with E-state index >= 15 is 0 Å². The second-order valence-corrected chi connectivity index (χ2v) is 3.33.